The third-order valence-electron chi connectivity index (χ3n) is 9.13. The fraction of sp³-hybridized carbons (Fsp3) is 0. The second-order valence-electron chi connectivity index (χ2n) is 12.7. The molecular formula is C48H33N3O2S2. The molecule has 0 spiro atoms. The van der Waals surface area contributed by atoms with Gasteiger partial charge in [-0.05, 0) is 120 Å². The Kier molecular flexibility index (Phi) is 10.2. The van der Waals surface area contributed by atoms with Crippen molar-refractivity contribution in [2.45, 2.75) is 0 Å². The van der Waals surface area contributed by atoms with E-state index < -0.39 is 5.97 Å². The lowest BCUT2D eigenvalue weighted by molar-refractivity contribution is -0.132. The number of carbonyl (C=O) groups is 1. The summed E-state index contributed by atoms with van der Waals surface area (Å²) in [7, 11) is 0. The standard InChI is InChI=1S/C48H33N3O2S2/c49-33-37(48(52)53)32-34-16-22-41(23-17-34)51(40-14-8-3-9-15-40)43-26-20-36(21-27-43)45-29-31-47(55-45)46-30-28-44(54-46)35-18-24-42(25-19-35)50(38-10-4-1-5-11-38)39-12-6-2-7-13-39/h1-32H,(H,52,53)/b37-32+. The van der Waals surface area contributed by atoms with Crippen LogP contribution in [0.15, 0.2) is 194 Å². The number of carboxylic acids is 1. The smallest absolute Gasteiger partial charge is 0.346 e. The van der Waals surface area contributed by atoms with Gasteiger partial charge in [-0.15, -0.1) is 22.7 Å². The summed E-state index contributed by atoms with van der Waals surface area (Å²) in [6.07, 6.45) is 1.38. The first-order chi connectivity index (χ1) is 27.0. The molecule has 2 aromatic heterocycles. The van der Waals surface area contributed by atoms with Crippen LogP contribution in [0.5, 0.6) is 0 Å². The fourth-order valence-corrected chi connectivity index (χ4v) is 8.57. The van der Waals surface area contributed by atoms with Gasteiger partial charge in [0.05, 0.1) is 0 Å². The number of hydrogen-bond donors (Lipinski definition) is 1. The van der Waals surface area contributed by atoms with Gasteiger partial charge < -0.3 is 14.9 Å². The number of rotatable bonds is 11. The minimum atomic E-state index is -1.24. The third-order valence-corrected chi connectivity index (χ3v) is 11.6. The van der Waals surface area contributed by atoms with E-state index in [0.29, 0.717) is 5.56 Å². The van der Waals surface area contributed by atoms with E-state index in [1.807, 2.05) is 54.6 Å². The van der Waals surface area contributed by atoms with Gasteiger partial charge in [0.15, 0.2) is 0 Å². The highest BCUT2D eigenvalue weighted by atomic mass is 32.1. The van der Waals surface area contributed by atoms with Crippen molar-refractivity contribution in [1.82, 2.24) is 0 Å². The predicted octanol–water partition coefficient (Wildman–Crippen LogP) is 13.7. The SMILES string of the molecule is N#C/C(=C\c1ccc(N(c2ccccc2)c2ccc(-c3ccc(-c4ccc(-c5ccc(N(c6ccccc6)c6ccccc6)cc5)s4)s3)cc2)cc1)C(=O)O. The van der Waals surface area contributed by atoms with E-state index in [1.165, 1.54) is 31.1 Å². The average molecular weight is 748 g/mol. The molecule has 0 fully saturated rings. The first kappa shape index (κ1) is 35.1. The van der Waals surface area contributed by atoms with Crippen LogP contribution in [0, 0.1) is 11.3 Å². The van der Waals surface area contributed by atoms with Crippen LogP contribution in [0.1, 0.15) is 5.56 Å². The van der Waals surface area contributed by atoms with Crippen LogP contribution < -0.4 is 9.80 Å². The van der Waals surface area contributed by atoms with Gasteiger partial charge in [0.1, 0.15) is 11.6 Å². The van der Waals surface area contributed by atoms with Gasteiger partial charge in [0.25, 0.3) is 0 Å². The molecule has 6 aromatic carbocycles. The molecule has 0 amide bonds. The molecule has 0 unspecified atom stereocenters. The minimum absolute atomic E-state index is 0.306. The fourth-order valence-electron chi connectivity index (χ4n) is 6.45. The summed E-state index contributed by atoms with van der Waals surface area (Å²) in [5.74, 6) is -1.24. The molecule has 7 heteroatoms. The highest BCUT2D eigenvalue weighted by molar-refractivity contribution is 7.25. The number of thiophene rings is 2. The maximum atomic E-state index is 11.3. The van der Waals surface area contributed by atoms with Crippen molar-refractivity contribution in [2.24, 2.45) is 0 Å². The number of anilines is 6. The number of benzene rings is 6. The summed E-state index contributed by atoms with van der Waals surface area (Å²) in [6, 6.07) is 66.4. The van der Waals surface area contributed by atoms with Gasteiger partial charge in [0, 0.05) is 53.6 Å². The summed E-state index contributed by atoms with van der Waals surface area (Å²) >= 11 is 3.59. The van der Waals surface area contributed by atoms with Crippen LogP contribution in [0.25, 0.3) is 36.7 Å². The normalized spacial score (nSPS) is 11.1. The molecule has 0 aliphatic heterocycles. The van der Waals surface area contributed by atoms with Crippen LogP contribution in [0.2, 0.25) is 0 Å². The number of nitrogens with zero attached hydrogens (tertiary/aromatic N) is 3. The number of carboxylic acid groups (broad SMARTS) is 1. The second kappa shape index (κ2) is 15.9. The Labute approximate surface area is 328 Å². The zero-order chi connectivity index (χ0) is 37.6. The molecule has 0 atom stereocenters. The van der Waals surface area contributed by atoms with Crippen LogP contribution in [-0.2, 0) is 4.79 Å². The zero-order valence-electron chi connectivity index (χ0n) is 29.5. The molecule has 55 heavy (non-hydrogen) atoms. The van der Waals surface area contributed by atoms with E-state index in [0.717, 1.165) is 39.7 Å². The number of aliphatic carboxylic acids is 1. The van der Waals surface area contributed by atoms with Gasteiger partial charge in [-0.1, -0.05) is 91.0 Å². The van der Waals surface area contributed by atoms with Crippen molar-refractivity contribution in [3.8, 4) is 36.7 Å². The summed E-state index contributed by atoms with van der Waals surface area (Å²) < 4.78 is 0. The summed E-state index contributed by atoms with van der Waals surface area (Å²) in [5, 5.41) is 18.4. The molecule has 8 rings (SSSR count). The lowest BCUT2D eigenvalue weighted by Gasteiger charge is -2.25. The van der Waals surface area contributed by atoms with Crippen molar-refractivity contribution < 1.29 is 9.90 Å². The average Bonchev–Trinajstić information content (AvgIpc) is 3.94. The monoisotopic (exact) mass is 747 g/mol. The summed E-state index contributed by atoms with van der Waals surface area (Å²) in [4.78, 5) is 20.6. The quantitative estimate of drug-likeness (QED) is 0.105. The van der Waals surface area contributed by atoms with Crippen LogP contribution in [0.3, 0.4) is 0 Å². The molecule has 1 N–H and O–H groups in total. The van der Waals surface area contributed by atoms with Gasteiger partial charge in [-0.25, -0.2) is 4.79 Å². The highest BCUT2D eigenvalue weighted by Gasteiger charge is 2.16. The van der Waals surface area contributed by atoms with Gasteiger partial charge >= 0.3 is 5.97 Å². The molecule has 0 saturated carbocycles. The molecule has 2 heterocycles. The Hall–Kier alpha value is -6.98. The highest BCUT2D eigenvalue weighted by Crippen LogP contribution is 2.42. The maximum absolute atomic E-state index is 11.3. The number of para-hydroxylation sites is 3. The molecule has 0 aliphatic rings. The molecule has 0 bridgehead atoms. The molecular weight excluding hydrogens is 715 g/mol. The van der Waals surface area contributed by atoms with E-state index in [-0.39, 0.29) is 5.57 Å². The molecule has 264 valence electrons. The van der Waals surface area contributed by atoms with E-state index in [1.54, 1.807) is 28.7 Å². The molecule has 8 aromatic rings. The van der Waals surface area contributed by atoms with E-state index >= 15 is 0 Å². The topological polar surface area (TPSA) is 67.6 Å². The molecule has 0 aliphatic carbocycles. The maximum Gasteiger partial charge on any atom is 0.346 e. The van der Waals surface area contributed by atoms with Crippen molar-refractivity contribution in [2.75, 3.05) is 9.80 Å². The summed E-state index contributed by atoms with van der Waals surface area (Å²) in [6.45, 7) is 0. The zero-order valence-corrected chi connectivity index (χ0v) is 31.1. The van der Waals surface area contributed by atoms with E-state index in [2.05, 4.69) is 143 Å². The second-order valence-corrected chi connectivity index (χ2v) is 14.8. The third kappa shape index (κ3) is 7.73. The predicted molar refractivity (Wildman–Crippen MR) is 229 cm³/mol. The Bertz CT molecular complexity index is 2570. The van der Waals surface area contributed by atoms with Gasteiger partial charge in [-0.2, -0.15) is 5.26 Å². The molecule has 0 radical (unpaired) electrons. The molecule has 0 saturated heterocycles. The Morgan fingerprint density at radius 2 is 0.782 bits per heavy atom. The number of nitriles is 1. The van der Waals surface area contributed by atoms with Crippen molar-refractivity contribution in [3.63, 3.8) is 0 Å². The Balaban J connectivity index is 1.01. The Morgan fingerprint density at radius 3 is 1.13 bits per heavy atom. The largest absolute Gasteiger partial charge is 0.477 e. The van der Waals surface area contributed by atoms with Gasteiger partial charge in [-0.3, -0.25) is 0 Å². The van der Waals surface area contributed by atoms with Crippen LogP contribution >= 0.6 is 22.7 Å². The number of hydrogen-bond acceptors (Lipinski definition) is 6. The van der Waals surface area contributed by atoms with Gasteiger partial charge in [0.2, 0.25) is 0 Å². The first-order valence-corrected chi connectivity index (χ1v) is 19.3. The lowest BCUT2D eigenvalue weighted by atomic mass is 10.1. The first-order valence-electron chi connectivity index (χ1n) is 17.7. The lowest BCUT2D eigenvalue weighted by Crippen LogP contribution is -2.09. The van der Waals surface area contributed by atoms with Crippen LogP contribution in [-0.4, -0.2) is 11.1 Å². The minimum Gasteiger partial charge on any atom is -0.477 e. The Morgan fingerprint density at radius 1 is 0.455 bits per heavy atom. The van der Waals surface area contributed by atoms with E-state index in [9.17, 15) is 15.2 Å². The van der Waals surface area contributed by atoms with Crippen molar-refractivity contribution >= 4 is 68.8 Å². The van der Waals surface area contributed by atoms with Crippen molar-refractivity contribution in [1.29, 1.82) is 5.26 Å². The van der Waals surface area contributed by atoms with E-state index in [4.69, 9.17) is 0 Å². The summed E-state index contributed by atoms with van der Waals surface area (Å²) in [5.41, 5.74) is 8.90. The van der Waals surface area contributed by atoms with Crippen molar-refractivity contribution in [3.05, 3.63) is 199 Å². The molecule has 5 nitrogen and oxygen atoms in total. The van der Waals surface area contributed by atoms with Crippen LogP contribution in [0.4, 0.5) is 34.1 Å².